The van der Waals surface area contributed by atoms with Gasteiger partial charge in [0.05, 0.1) is 12.5 Å². The van der Waals surface area contributed by atoms with E-state index in [4.69, 9.17) is 4.74 Å². The van der Waals surface area contributed by atoms with Crippen LogP contribution in [0.15, 0.2) is 18.2 Å². The molecule has 2 fully saturated rings. The van der Waals surface area contributed by atoms with E-state index in [9.17, 15) is 9.18 Å². The Labute approximate surface area is 143 Å². The van der Waals surface area contributed by atoms with Crippen molar-refractivity contribution in [3.8, 4) is 5.75 Å². The van der Waals surface area contributed by atoms with Crippen molar-refractivity contribution < 1.29 is 13.9 Å². The van der Waals surface area contributed by atoms with Crippen molar-refractivity contribution in [3.63, 3.8) is 0 Å². The standard InChI is InChI=1S/C19H27FN2O2/c1-13(2)7-8-24-17-6-3-14(18(20)9-17)10-22-11-15(12-22)19(23)21-16-4-5-16/h3,6,9,13,15-16H,4-5,7-8,10-12H2,1-2H3,(H,21,23). The third kappa shape index (κ3) is 4.69. The van der Waals surface area contributed by atoms with E-state index in [0.717, 1.165) is 19.3 Å². The SMILES string of the molecule is CC(C)CCOc1ccc(CN2CC(C(=O)NC3CC3)C2)c(F)c1. The van der Waals surface area contributed by atoms with Crippen molar-refractivity contribution in [1.82, 2.24) is 10.2 Å². The molecule has 1 heterocycles. The average Bonchev–Trinajstić information content (AvgIpc) is 3.27. The van der Waals surface area contributed by atoms with Crippen molar-refractivity contribution in [2.45, 2.75) is 45.7 Å². The molecule has 24 heavy (non-hydrogen) atoms. The Morgan fingerprint density at radius 3 is 2.75 bits per heavy atom. The molecule has 1 amide bonds. The zero-order valence-corrected chi connectivity index (χ0v) is 14.6. The van der Waals surface area contributed by atoms with E-state index < -0.39 is 0 Å². The molecule has 1 aromatic rings. The number of benzene rings is 1. The van der Waals surface area contributed by atoms with E-state index >= 15 is 0 Å². The molecule has 1 saturated carbocycles. The van der Waals surface area contributed by atoms with Crippen molar-refractivity contribution in [2.24, 2.45) is 11.8 Å². The summed E-state index contributed by atoms with van der Waals surface area (Å²) >= 11 is 0. The fourth-order valence-corrected chi connectivity index (χ4v) is 2.81. The van der Waals surface area contributed by atoms with Crippen LogP contribution in [-0.4, -0.2) is 36.5 Å². The van der Waals surface area contributed by atoms with E-state index in [1.165, 1.54) is 6.07 Å². The molecule has 2 aliphatic rings. The van der Waals surface area contributed by atoms with Crippen LogP contribution in [0.4, 0.5) is 4.39 Å². The maximum Gasteiger partial charge on any atom is 0.225 e. The van der Waals surface area contributed by atoms with Crippen LogP contribution in [0.2, 0.25) is 0 Å². The first-order valence-corrected chi connectivity index (χ1v) is 8.95. The number of nitrogens with one attached hydrogen (secondary N) is 1. The topological polar surface area (TPSA) is 41.6 Å². The second kappa shape index (κ2) is 7.51. The highest BCUT2D eigenvalue weighted by Crippen LogP contribution is 2.25. The summed E-state index contributed by atoms with van der Waals surface area (Å²) in [5.74, 6) is 1.14. The summed E-state index contributed by atoms with van der Waals surface area (Å²) in [6, 6.07) is 5.49. The van der Waals surface area contributed by atoms with Gasteiger partial charge < -0.3 is 10.1 Å². The minimum Gasteiger partial charge on any atom is -0.493 e. The molecule has 0 atom stereocenters. The Morgan fingerprint density at radius 2 is 2.12 bits per heavy atom. The molecule has 3 rings (SSSR count). The van der Waals surface area contributed by atoms with Crippen molar-refractivity contribution in [1.29, 1.82) is 0 Å². The van der Waals surface area contributed by atoms with Gasteiger partial charge in [0.2, 0.25) is 5.91 Å². The molecule has 0 spiro atoms. The first kappa shape index (κ1) is 17.2. The van der Waals surface area contributed by atoms with Gasteiger partial charge in [0.25, 0.3) is 0 Å². The number of carbonyl (C=O) groups is 1. The summed E-state index contributed by atoms with van der Waals surface area (Å²) in [5, 5.41) is 3.03. The van der Waals surface area contributed by atoms with Crippen molar-refractivity contribution in [3.05, 3.63) is 29.6 Å². The number of halogens is 1. The normalized spacial score (nSPS) is 18.5. The molecule has 0 radical (unpaired) electrons. The highest BCUT2D eigenvalue weighted by molar-refractivity contribution is 5.80. The number of carbonyl (C=O) groups excluding carboxylic acids is 1. The lowest BCUT2D eigenvalue weighted by Crippen LogP contribution is -2.53. The Morgan fingerprint density at radius 1 is 1.38 bits per heavy atom. The van der Waals surface area contributed by atoms with E-state index in [1.54, 1.807) is 6.07 Å². The van der Waals surface area contributed by atoms with Gasteiger partial charge in [0.15, 0.2) is 0 Å². The zero-order chi connectivity index (χ0) is 17.1. The maximum absolute atomic E-state index is 14.2. The van der Waals surface area contributed by atoms with Gasteiger partial charge >= 0.3 is 0 Å². The molecule has 1 saturated heterocycles. The highest BCUT2D eigenvalue weighted by atomic mass is 19.1. The molecule has 0 aromatic heterocycles. The molecule has 5 heteroatoms. The fraction of sp³-hybridized carbons (Fsp3) is 0.632. The lowest BCUT2D eigenvalue weighted by atomic mass is 9.98. The third-order valence-electron chi connectivity index (χ3n) is 4.63. The third-order valence-corrected chi connectivity index (χ3v) is 4.63. The van der Waals surface area contributed by atoms with Crippen LogP contribution in [0.1, 0.15) is 38.7 Å². The van der Waals surface area contributed by atoms with Crippen molar-refractivity contribution >= 4 is 5.91 Å². The molecule has 0 unspecified atom stereocenters. The van der Waals surface area contributed by atoms with Crippen LogP contribution < -0.4 is 10.1 Å². The number of rotatable bonds is 8. The smallest absolute Gasteiger partial charge is 0.225 e. The van der Waals surface area contributed by atoms with Gasteiger partial charge in [-0.15, -0.1) is 0 Å². The first-order valence-electron chi connectivity index (χ1n) is 8.95. The number of nitrogens with zero attached hydrogens (tertiary/aromatic N) is 1. The second-order valence-corrected chi connectivity index (χ2v) is 7.46. The second-order valence-electron chi connectivity index (χ2n) is 7.46. The van der Waals surface area contributed by atoms with Gasteiger partial charge in [-0.2, -0.15) is 0 Å². The van der Waals surface area contributed by atoms with Gasteiger partial charge in [-0.05, 0) is 31.2 Å². The predicted octanol–water partition coefficient (Wildman–Crippen LogP) is 2.96. The van der Waals surface area contributed by atoms with Crippen LogP contribution in [0.5, 0.6) is 5.75 Å². The summed E-state index contributed by atoms with van der Waals surface area (Å²) in [6.45, 7) is 6.86. The summed E-state index contributed by atoms with van der Waals surface area (Å²) in [6.07, 6.45) is 3.18. The Balaban J connectivity index is 1.43. The van der Waals surface area contributed by atoms with E-state index in [2.05, 4.69) is 24.1 Å². The van der Waals surface area contributed by atoms with Gasteiger partial charge in [-0.25, -0.2) is 4.39 Å². The predicted molar refractivity (Wildman–Crippen MR) is 91.3 cm³/mol. The highest BCUT2D eigenvalue weighted by Gasteiger charge is 2.35. The number of hydrogen-bond donors (Lipinski definition) is 1. The van der Waals surface area contributed by atoms with Gasteiger partial charge in [0, 0.05) is 37.3 Å². The molecule has 1 aliphatic heterocycles. The number of hydrogen-bond acceptors (Lipinski definition) is 3. The summed E-state index contributed by atoms with van der Waals surface area (Å²) in [4.78, 5) is 14.0. The van der Waals surface area contributed by atoms with Gasteiger partial charge in [0.1, 0.15) is 11.6 Å². The zero-order valence-electron chi connectivity index (χ0n) is 14.6. The molecule has 0 bridgehead atoms. The molecule has 132 valence electrons. The Bertz CT molecular complexity index is 581. The number of amides is 1. The monoisotopic (exact) mass is 334 g/mol. The Hall–Kier alpha value is -1.62. The first-order chi connectivity index (χ1) is 11.5. The number of ether oxygens (including phenoxy) is 1. The summed E-state index contributed by atoms with van der Waals surface area (Å²) in [5.41, 5.74) is 0.660. The Kier molecular flexibility index (Phi) is 5.39. The lowest BCUT2D eigenvalue weighted by Gasteiger charge is -2.38. The summed E-state index contributed by atoms with van der Waals surface area (Å²) < 4.78 is 19.8. The van der Waals surface area contributed by atoms with Crippen molar-refractivity contribution in [2.75, 3.05) is 19.7 Å². The van der Waals surface area contributed by atoms with E-state index in [-0.39, 0.29) is 17.6 Å². The largest absolute Gasteiger partial charge is 0.493 e. The van der Waals surface area contributed by atoms with Crippen LogP contribution >= 0.6 is 0 Å². The van der Waals surface area contributed by atoms with Gasteiger partial charge in [-0.3, -0.25) is 9.69 Å². The summed E-state index contributed by atoms with van der Waals surface area (Å²) in [7, 11) is 0. The maximum atomic E-state index is 14.2. The van der Waals surface area contributed by atoms with Crippen LogP contribution in [0.3, 0.4) is 0 Å². The quantitative estimate of drug-likeness (QED) is 0.795. The van der Waals surface area contributed by atoms with Crippen LogP contribution in [-0.2, 0) is 11.3 Å². The van der Waals surface area contributed by atoms with Gasteiger partial charge in [-0.1, -0.05) is 19.9 Å². The van der Waals surface area contributed by atoms with E-state index in [1.807, 2.05) is 6.07 Å². The van der Waals surface area contributed by atoms with Crippen LogP contribution in [0, 0.1) is 17.7 Å². The minimum atomic E-state index is -0.233. The number of likely N-dealkylation sites (tertiary alicyclic amines) is 1. The van der Waals surface area contributed by atoms with Crippen LogP contribution in [0.25, 0.3) is 0 Å². The molecule has 1 aromatic carbocycles. The lowest BCUT2D eigenvalue weighted by molar-refractivity contribution is -0.130. The fourth-order valence-electron chi connectivity index (χ4n) is 2.81. The molecule has 1 N–H and O–H groups in total. The molecular weight excluding hydrogens is 307 g/mol. The molecule has 4 nitrogen and oxygen atoms in total. The minimum absolute atomic E-state index is 0.0623. The molecule has 1 aliphatic carbocycles. The average molecular weight is 334 g/mol. The molecular formula is C19H27FN2O2. The van der Waals surface area contributed by atoms with E-state index in [0.29, 0.717) is 49.5 Å².